The minimum atomic E-state index is -0.653. The van der Waals surface area contributed by atoms with Gasteiger partial charge in [0.15, 0.2) is 0 Å². The van der Waals surface area contributed by atoms with Gasteiger partial charge in [0.25, 0.3) is 0 Å². The Kier molecular flexibility index (Phi) is 4.10. The average Bonchev–Trinajstić information content (AvgIpc) is 3.27. The molecule has 1 aliphatic rings. The van der Waals surface area contributed by atoms with Crippen LogP contribution >= 0.6 is 0 Å². The second-order valence-corrected chi connectivity index (χ2v) is 5.21. The van der Waals surface area contributed by atoms with E-state index in [4.69, 9.17) is 4.74 Å². The van der Waals surface area contributed by atoms with Crippen molar-refractivity contribution >= 4 is 0 Å². The summed E-state index contributed by atoms with van der Waals surface area (Å²) >= 11 is 0. The lowest BCUT2D eigenvalue weighted by Gasteiger charge is -2.07. The van der Waals surface area contributed by atoms with Crippen molar-refractivity contribution in [3.8, 4) is 5.75 Å². The Morgan fingerprint density at radius 3 is 2.52 bits per heavy atom. The fourth-order valence-electron chi connectivity index (χ4n) is 1.96. The first kappa shape index (κ1) is 13.9. The number of benzene rings is 1. The van der Waals surface area contributed by atoms with Crippen LogP contribution in [0, 0.1) is 11.6 Å². The third-order valence-electron chi connectivity index (χ3n) is 3.28. The molecule has 21 heavy (non-hydrogen) atoms. The molecule has 0 aliphatic heterocycles. The van der Waals surface area contributed by atoms with Gasteiger partial charge in [0, 0.05) is 37.0 Å². The summed E-state index contributed by atoms with van der Waals surface area (Å²) in [5.74, 6) is -1.15. The molecule has 0 amide bonds. The molecule has 1 aliphatic carbocycles. The van der Waals surface area contributed by atoms with E-state index in [1.54, 1.807) is 6.20 Å². The van der Waals surface area contributed by atoms with Crippen LogP contribution in [0.2, 0.25) is 0 Å². The number of ether oxygens (including phenoxy) is 1. The van der Waals surface area contributed by atoms with E-state index in [1.165, 1.54) is 12.8 Å². The number of hydrogen-bond donors (Lipinski definition) is 1. The standard InChI is InChI=1S/C16H16F2N2O/c17-12-5-13(18)7-16(6-12)21-10-15-2-1-11(9-20-15)8-19-14-3-4-14/h1-2,5-7,9,14,19H,3-4,8,10H2. The van der Waals surface area contributed by atoms with Gasteiger partial charge in [0.2, 0.25) is 0 Å². The lowest BCUT2D eigenvalue weighted by molar-refractivity contribution is 0.298. The molecule has 0 atom stereocenters. The van der Waals surface area contributed by atoms with E-state index in [2.05, 4.69) is 10.3 Å². The number of rotatable bonds is 6. The van der Waals surface area contributed by atoms with Crippen molar-refractivity contribution in [2.45, 2.75) is 32.0 Å². The van der Waals surface area contributed by atoms with Gasteiger partial charge in [-0.05, 0) is 24.5 Å². The van der Waals surface area contributed by atoms with Crippen LogP contribution in [0.15, 0.2) is 36.5 Å². The van der Waals surface area contributed by atoms with E-state index in [1.807, 2.05) is 12.1 Å². The van der Waals surface area contributed by atoms with Crippen LogP contribution in [0.3, 0.4) is 0 Å². The van der Waals surface area contributed by atoms with Gasteiger partial charge < -0.3 is 10.1 Å². The molecule has 110 valence electrons. The van der Waals surface area contributed by atoms with Crippen LogP contribution in [0.1, 0.15) is 24.1 Å². The molecule has 0 bridgehead atoms. The third-order valence-corrected chi connectivity index (χ3v) is 3.28. The highest BCUT2D eigenvalue weighted by molar-refractivity contribution is 5.24. The Morgan fingerprint density at radius 2 is 1.90 bits per heavy atom. The smallest absolute Gasteiger partial charge is 0.130 e. The molecule has 0 unspecified atom stereocenters. The highest BCUT2D eigenvalue weighted by Crippen LogP contribution is 2.19. The summed E-state index contributed by atoms with van der Waals surface area (Å²) in [4.78, 5) is 4.28. The number of hydrogen-bond acceptors (Lipinski definition) is 3. The summed E-state index contributed by atoms with van der Waals surface area (Å²) in [6, 6.07) is 7.61. The monoisotopic (exact) mass is 290 g/mol. The van der Waals surface area contributed by atoms with Crippen molar-refractivity contribution < 1.29 is 13.5 Å². The van der Waals surface area contributed by atoms with Crippen LogP contribution in [0.4, 0.5) is 8.78 Å². The van der Waals surface area contributed by atoms with Crippen LogP contribution in [-0.2, 0) is 13.2 Å². The van der Waals surface area contributed by atoms with E-state index < -0.39 is 11.6 Å². The average molecular weight is 290 g/mol. The molecule has 1 aromatic carbocycles. The maximum atomic E-state index is 13.0. The summed E-state index contributed by atoms with van der Waals surface area (Å²) < 4.78 is 31.4. The predicted octanol–water partition coefficient (Wildman–Crippen LogP) is 3.19. The highest BCUT2D eigenvalue weighted by atomic mass is 19.1. The lowest BCUT2D eigenvalue weighted by atomic mass is 10.2. The molecule has 0 spiro atoms. The fraction of sp³-hybridized carbons (Fsp3) is 0.312. The van der Waals surface area contributed by atoms with Crippen LogP contribution < -0.4 is 10.1 Å². The van der Waals surface area contributed by atoms with Gasteiger partial charge in [0.05, 0.1) is 5.69 Å². The quantitative estimate of drug-likeness (QED) is 0.887. The van der Waals surface area contributed by atoms with Crippen molar-refractivity contribution in [3.05, 3.63) is 59.4 Å². The molecule has 5 heteroatoms. The molecule has 3 rings (SSSR count). The SMILES string of the molecule is Fc1cc(F)cc(OCc2ccc(CNC3CC3)cn2)c1. The molecule has 2 aromatic rings. The van der Waals surface area contributed by atoms with Gasteiger partial charge in [-0.2, -0.15) is 0 Å². The van der Waals surface area contributed by atoms with Crippen molar-refractivity contribution in [2.24, 2.45) is 0 Å². The van der Waals surface area contributed by atoms with Crippen molar-refractivity contribution in [2.75, 3.05) is 0 Å². The third kappa shape index (κ3) is 4.23. The molecule has 3 nitrogen and oxygen atoms in total. The molecule has 1 fully saturated rings. The Bertz CT molecular complexity index is 592. The number of nitrogens with one attached hydrogen (secondary N) is 1. The summed E-state index contributed by atoms with van der Waals surface area (Å²) in [6.07, 6.45) is 4.30. The maximum absolute atomic E-state index is 13.0. The van der Waals surface area contributed by atoms with Crippen LogP contribution in [0.25, 0.3) is 0 Å². The molecular formula is C16H16F2N2O. The highest BCUT2D eigenvalue weighted by Gasteiger charge is 2.19. The topological polar surface area (TPSA) is 34.1 Å². The van der Waals surface area contributed by atoms with Gasteiger partial charge in [-0.15, -0.1) is 0 Å². The minimum absolute atomic E-state index is 0.161. The normalized spacial score (nSPS) is 14.2. The van der Waals surface area contributed by atoms with Gasteiger partial charge in [-0.3, -0.25) is 4.98 Å². The van der Waals surface area contributed by atoms with E-state index in [-0.39, 0.29) is 12.4 Å². The van der Waals surface area contributed by atoms with Gasteiger partial charge >= 0.3 is 0 Å². The first-order valence-corrected chi connectivity index (χ1v) is 6.95. The number of pyridine rings is 1. The Labute approximate surface area is 122 Å². The largest absolute Gasteiger partial charge is 0.487 e. The number of nitrogens with zero attached hydrogens (tertiary/aromatic N) is 1. The summed E-state index contributed by atoms with van der Waals surface area (Å²) in [6.45, 7) is 0.993. The second kappa shape index (κ2) is 6.18. The summed E-state index contributed by atoms with van der Waals surface area (Å²) in [5.41, 5.74) is 1.83. The molecule has 1 aromatic heterocycles. The Hall–Kier alpha value is -2.01. The van der Waals surface area contributed by atoms with Gasteiger partial charge in [-0.25, -0.2) is 8.78 Å². The number of aromatic nitrogens is 1. The van der Waals surface area contributed by atoms with Crippen molar-refractivity contribution in [1.82, 2.24) is 10.3 Å². The van der Waals surface area contributed by atoms with E-state index in [0.29, 0.717) is 6.04 Å². The molecule has 1 N–H and O–H groups in total. The van der Waals surface area contributed by atoms with Gasteiger partial charge in [0.1, 0.15) is 24.0 Å². The second-order valence-electron chi connectivity index (χ2n) is 5.21. The van der Waals surface area contributed by atoms with Gasteiger partial charge in [-0.1, -0.05) is 6.07 Å². The molecule has 1 saturated carbocycles. The number of halogens is 2. The van der Waals surface area contributed by atoms with E-state index in [9.17, 15) is 8.78 Å². The van der Waals surface area contributed by atoms with E-state index in [0.717, 1.165) is 36.0 Å². The van der Waals surface area contributed by atoms with Crippen LogP contribution in [0.5, 0.6) is 5.75 Å². The Morgan fingerprint density at radius 1 is 1.14 bits per heavy atom. The molecule has 0 saturated heterocycles. The first-order valence-electron chi connectivity index (χ1n) is 6.95. The molecular weight excluding hydrogens is 274 g/mol. The summed E-state index contributed by atoms with van der Waals surface area (Å²) in [5, 5.41) is 3.41. The Balaban J connectivity index is 1.54. The molecule has 1 heterocycles. The maximum Gasteiger partial charge on any atom is 0.130 e. The zero-order chi connectivity index (χ0) is 14.7. The van der Waals surface area contributed by atoms with Crippen molar-refractivity contribution in [3.63, 3.8) is 0 Å². The van der Waals surface area contributed by atoms with Crippen molar-refractivity contribution in [1.29, 1.82) is 0 Å². The lowest BCUT2D eigenvalue weighted by Crippen LogP contribution is -2.15. The minimum Gasteiger partial charge on any atom is -0.487 e. The predicted molar refractivity (Wildman–Crippen MR) is 74.8 cm³/mol. The molecule has 0 radical (unpaired) electrons. The fourth-order valence-corrected chi connectivity index (χ4v) is 1.96. The zero-order valence-corrected chi connectivity index (χ0v) is 11.5. The first-order chi connectivity index (χ1) is 10.2. The van der Waals surface area contributed by atoms with Crippen LogP contribution in [-0.4, -0.2) is 11.0 Å². The summed E-state index contributed by atoms with van der Waals surface area (Å²) in [7, 11) is 0. The van der Waals surface area contributed by atoms with E-state index >= 15 is 0 Å². The zero-order valence-electron chi connectivity index (χ0n) is 11.5.